The van der Waals surface area contributed by atoms with Crippen LogP contribution in [-0.2, 0) is 17.9 Å². The predicted octanol–water partition coefficient (Wildman–Crippen LogP) is 4.19. The molecule has 1 atom stereocenters. The number of nitrogens with one attached hydrogen (secondary N) is 1. The number of nitrogens with zero attached hydrogens (tertiary/aromatic N) is 3. The Kier molecular flexibility index (Phi) is 5.27. The van der Waals surface area contributed by atoms with Gasteiger partial charge in [-0.05, 0) is 38.8 Å². The SMILES string of the molecule is Cc1cc2c(cc3n2C[C@](C)(C(=O)NC2CCCCCC2)N(Cc2ccccn2)C3=O)o1. The normalized spacial score (nSPS) is 22.1. The van der Waals surface area contributed by atoms with Crippen molar-refractivity contribution in [1.29, 1.82) is 0 Å². The molecule has 0 saturated heterocycles. The summed E-state index contributed by atoms with van der Waals surface area (Å²) in [5, 5.41) is 3.29. The largest absolute Gasteiger partial charge is 0.460 e. The Hall–Kier alpha value is -3.09. The van der Waals surface area contributed by atoms with Gasteiger partial charge in [-0.3, -0.25) is 14.6 Å². The van der Waals surface area contributed by atoms with E-state index in [0.29, 0.717) is 17.8 Å². The number of pyridine rings is 1. The third-order valence-electron chi connectivity index (χ3n) is 6.96. The predicted molar refractivity (Wildman–Crippen MR) is 121 cm³/mol. The van der Waals surface area contributed by atoms with Crippen molar-refractivity contribution in [3.63, 3.8) is 0 Å². The van der Waals surface area contributed by atoms with Gasteiger partial charge < -0.3 is 19.2 Å². The summed E-state index contributed by atoms with van der Waals surface area (Å²) >= 11 is 0. The average molecular weight is 435 g/mol. The molecular weight excluding hydrogens is 404 g/mol. The average Bonchev–Trinajstić information content (AvgIpc) is 3.17. The van der Waals surface area contributed by atoms with Gasteiger partial charge in [0.15, 0.2) is 5.58 Å². The second-order valence-electron chi connectivity index (χ2n) is 9.37. The van der Waals surface area contributed by atoms with E-state index in [2.05, 4.69) is 10.3 Å². The van der Waals surface area contributed by atoms with Crippen molar-refractivity contribution >= 4 is 22.9 Å². The minimum Gasteiger partial charge on any atom is -0.460 e. The van der Waals surface area contributed by atoms with Gasteiger partial charge in [0.25, 0.3) is 5.91 Å². The van der Waals surface area contributed by atoms with E-state index in [9.17, 15) is 9.59 Å². The maximum Gasteiger partial charge on any atom is 0.271 e. The minimum atomic E-state index is -1.04. The van der Waals surface area contributed by atoms with Crippen LogP contribution in [0.3, 0.4) is 0 Å². The Bertz CT molecular complexity index is 1140. The van der Waals surface area contributed by atoms with E-state index in [1.54, 1.807) is 17.2 Å². The topological polar surface area (TPSA) is 80.4 Å². The molecule has 2 aliphatic rings. The number of carbonyl (C=O) groups excluding carboxylic acids is 2. The number of furan rings is 1. The van der Waals surface area contributed by atoms with Gasteiger partial charge in [0.2, 0.25) is 5.91 Å². The Morgan fingerprint density at radius 1 is 1.22 bits per heavy atom. The molecule has 0 radical (unpaired) electrons. The smallest absolute Gasteiger partial charge is 0.271 e. The summed E-state index contributed by atoms with van der Waals surface area (Å²) in [7, 11) is 0. The highest BCUT2D eigenvalue weighted by Crippen LogP contribution is 2.34. The maximum atomic E-state index is 13.8. The van der Waals surface area contributed by atoms with Gasteiger partial charge in [0, 0.05) is 24.4 Å². The Balaban J connectivity index is 1.52. The lowest BCUT2D eigenvalue weighted by molar-refractivity contribution is -0.134. The summed E-state index contributed by atoms with van der Waals surface area (Å²) in [6.07, 6.45) is 8.41. The number of aromatic nitrogens is 2. The summed E-state index contributed by atoms with van der Waals surface area (Å²) < 4.78 is 7.72. The highest BCUT2D eigenvalue weighted by Gasteiger charge is 2.48. The Morgan fingerprint density at radius 3 is 2.72 bits per heavy atom. The van der Waals surface area contributed by atoms with Gasteiger partial charge in [-0.25, -0.2) is 0 Å². The molecule has 1 N–H and O–H groups in total. The summed E-state index contributed by atoms with van der Waals surface area (Å²) in [4.78, 5) is 33.5. The highest BCUT2D eigenvalue weighted by molar-refractivity contribution is 6.03. The van der Waals surface area contributed by atoms with Crippen molar-refractivity contribution < 1.29 is 14.0 Å². The number of hydrogen-bond donors (Lipinski definition) is 1. The molecule has 3 aromatic rings. The molecule has 168 valence electrons. The molecule has 2 amide bonds. The molecule has 0 spiro atoms. The molecule has 0 unspecified atom stereocenters. The zero-order chi connectivity index (χ0) is 22.3. The van der Waals surface area contributed by atoms with Crippen molar-refractivity contribution in [2.75, 3.05) is 0 Å². The number of fused-ring (bicyclic) bond motifs is 3. The third kappa shape index (κ3) is 3.59. The first-order valence-corrected chi connectivity index (χ1v) is 11.6. The lowest BCUT2D eigenvalue weighted by Gasteiger charge is -2.44. The summed E-state index contributed by atoms with van der Waals surface area (Å²) in [6, 6.07) is 9.53. The number of amides is 2. The van der Waals surface area contributed by atoms with Crippen molar-refractivity contribution in [3.8, 4) is 0 Å². The van der Waals surface area contributed by atoms with Crippen LogP contribution in [0.4, 0.5) is 0 Å². The van der Waals surface area contributed by atoms with Crippen molar-refractivity contribution in [2.24, 2.45) is 0 Å². The van der Waals surface area contributed by atoms with E-state index in [0.717, 1.165) is 42.7 Å². The molecule has 32 heavy (non-hydrogen) atoms. The lowest BCUT2D eigenvalue weighted by atomic mass is 9.93. The van der Waals surface area contributed by atoms with Crippen LogP contribution in [0.1, 0.15) is 67.4 Å². The van der Waals surface area contributed by atoms with E-state index in [1.807, 2.05) is 42.7 Å². The molecule has 1 saturated carbocycles. The van der Waals surface area contributed by atoms with Crippen LogP contribution in [0.15, 0.2) is 40.9 Å². The van der Waals surface area contributed by atoms with E-state index < -0.39 is 5.54 Å². The molecule has 0 aromatic carbocycles. The van der Waals surface area contributed by atoms with Gasteiger partial charge in [-0.1, -0.05) is 31.7 Å². The molecular formula is C25H30N4O3. The van der Waals surface area contributed by atoms with Crippen LogP contribution in [0.5, 0.6) is 0 Å². The number of carbonyl (C=O) groups is 2. The summed E-state index contributed by atoms with van der Waals surface area (Å²) in [5.74, 6) is 0.518. The number of rotatable bonds is 4. The van der Waals surface area contributed by atoms with Crippen LogP contribution < -0.4 is 5.32 Å². The first kappa shape index (κ1) is 20.8. The second kappa shape index (κ2) is 8.11. The molecule has 3 aromatic heterocycles. The van der Waals surface area contributed by atoms with Crippen LogP contribution in [0.2, 0.25) is 0 Å². The number of aryl methyl sites for hydroxylation is 1. The maximum absolute atomic E-state index is 13.8. The van der Waals surface area contributed by atoms with Gasteiger partial charge in [-0.15, -0.1) is 0 Å². The molecule has 1 fully saturated rings. The third-order valence-corrected chi connectivity index (χ3v) is 6.96. The fourth-order valence-electron chi connectivity index (χ4n) is 5.13. The second-order valence-corrected chi connectivity index (χ2v) is 9.37. The van der Waals surface area contributed by atoms with Crippen LogP contribution in [0, 0.1) is 6.92 Å². The van der Waals surface area contributed by atoms with Gasteiger partial charge in [0.1, 0.15) is 17.0 Å². The van der Waals surface area contributed by atoms with Crippen molar-refractivity contribution in [1.82, 2.24) is 19.8 Å². The molecule has 1 aliphatic heterocycles. The first-order valence-electron chi connectivity index (χ1n) is 11.6. The summed E-state index contributed by atoms with van der Waals surface area (Å²) in [5.41, 5.74) is 1.81. The van der Waals surface area contributed by atoms with Gasteiger partial charge in [0.05, 0.1) is 24.3 Å². The summed E-state index contributed by atoms with van der Waals surface area (Å²) in [6.45, 7) is 4.42. The van der Waals surface area contributed by atoms with E-state index in [1.165, 1.54) is 12.8 Å². The fraction of sp³-hybridized carbons (Fsp3) is 0.480. The lowest BCUT2D eigenvalue weighted by Crippen LogP contribution is -2.64. The highest BCUT2D eigenvalue weighted by atomic mass is 16.3. The number of hydrogen-bond acceptors (Lipinski definition) is 4. The van der Waals surface area contributed by atoms with Crippen LogP contribution >= 0.6 is 0 Å². The van der Waals surface area contributed by atoms with E-state index in [4.69, 9.17) is 4.42 Å². The fourth-order valence-corrected chi connectivity index (χ4v) is 5.13. The standard InChI is InChI=1S/C25H30N4O3/c1-17-13-20-22(32-17)14-21-23(30)29(15-19-11-7-8-12-26-19)25(2,16-28(20)21)24(31)27-18-9-5-3-4-6-10-18/h7-8,11-14,18H,3-6,9-10,15-16H2,1-2H3,(H,27,31)/t25-/m1/s1. The van der Waals surface area contributed by atoms with Gasteiger partial charge in [-0.2, -0.15) is 0 Å². The molecule has 0 bridgehead atoms. The minimum absolute atomic E-state index is 0.0959. The monoisotopic (exact) mass is 434 g/mol. The first-order chi connectivity index (χ1) is 15.5. The van der Waals surface area contributed by atoms with E-state index in [-0.39, 0.29) is 24.4 Å². The molecule has 7 nitrogen and oxygen atoms in total. The molecule has 5 rings (SSSR count). The van der Waals surface area contributed by atoms with Crippen LogP contribution in [0.25, 0.3) is 11.1 Å². The Labute approximate surface area is 187 Å². The zero-order valence-electron chi connectivity index (χ0n) is 18.8. The zero-order valence-corrected chi connectivity index (χ0v) is 18.8. The Morgan fingerprint density at radius 2 is 2.00 bits per heavy atom. The quantitative estimate of drug-likeness (QED) is 0.625. The van der Waals surface area contributed by atoms with Gasteiger partial charge >= 0.3 is 0 Å². The molecule has 4 heterocycles. The van der Waals surface area contributed by atoms with E-state index >= 15 is 0 Å². The molecule has 7 heteroatoms. The van der Waals surface area contributed by atoms with Crippen molar-refractivity contribution in [3.05, 3.63) is 53.7 Å². The molecule has 1 aliphatic carbocycles. The van der Waals surface area contributed by atoms with Crippen LogP contribution in [-0.4, -0.2) is 37.8 Å². The van der Waals surface area contributed by atoms with Crippen molar-refractivity contribution in [2.45, 2.75) is 77.0 Å².